The Labute approximate surface area is 168 Å². The topological polar surface area (TPSA) is 46.7 Å². The smallest absolute Gasteiger partial charge is 0.287 e. The molecule has 6 heteroatoms. The fraction of sp³-hybridized carbons (Fsp3) is 0.286. The van der Waals surface area contributed by atoms with Gasteiger partial charge in [-0.2, -0.15) is 0 Å². The minimum absolute atomic E-state index is 0.159. The molecule has 27 heavy (non-hydrogen) atoms. The molecule has 3 aromatic rings. The molecule has 1 fully saturated rings. The molecule has 1 amide bonds. The van der Waals surface area contributed by atoms with Crippen LogP contribution in [0.3, 0.4) is 0 Å². The van der Waals surface area contributed by atoms with E-state index in [0.717, 1.165) is 42.9 Å². The van der Waals surface area contributed by atoms with Crippen LogP contribution < -0.4 is 10.2 Å². The highest BCUT2D eigenvalue weighted by Crippen LogP contribution is 2.23. The lowest BCUT2D eigenvalue weighted by molar-refractivity contribution is -0.918. The van der Waals surface area contributed by atoms with Crippen LogP contribution in [0.4, 0.5) is 0 Å². The van der Waals surface area contributed by atoms with Crippen LogP contribution in [-0.2, 0) is 6.54 Å². The van der Waals surface area contributed by atoms with Crippen LogP contribution in [0.5, 0.6) is 0 Å². The highest BCUT2D eigenvalue weighted by Gasteiger charge is 2.25. The molecule has 0 radical (unpaired) electrons. The standard InChI is InChI=1S/C21H20Cl2N2O2/c22-16-3-1-14(2-4-16)13-25-9-7-18(8-10-25)24-21(26)20-12-15-11-17(23)5-6-19(15)27-20/h1-6,11-12,18H,7-10,13H2,(H,24,26)/p+1. The molecule has 0 unspecified atom stereocenters. The number of likely N-dealkylation sites (tertiary alicyclic amines) is 1. The Morgan fingerprint density at radius 2 is 1.74 bits per heavy atom. The van der Waals surface area contributed by atoms with Crippen molar-refractivity contribution in [3.05, 3.63) is 69.9 Å². The summed E-state index contributed by atoms with van der Waals surface area (Å²) in [6, 6.07) is 15.3. The molecule has 2 aromatic carbocycles. The number of fused-ring (bicyclic) bond motifs is 1. The molecule has 1 aliphatic rings. The molecular formula is C21H21Cl2N2O2+. The van der Waals surface area contributed by atoms with Gasteiger partial charge in [-0.15, -0.1) is 0 Å². The molecule has 0 atom stereocenters. The molecular weight excluding hydrogens is 383 g/mol. The normalized spacial score (nSPS) is 19.9. The lowest BCUT2D eigenvalue weighted by Crippen LogP contribution is -3.12. The average molecular weight is 404 g/mol. The van der Waals surface area contributed by atoms with Crippen molar-refractivity contribution >= 4 is 40.1 Å². The fourth-order valence-corrected chi connectivity index (χ4v) is 3.93. The second kappa shape index (κ2) is 7.93. The van der Waals surface area contributed by atoms with Gasteiger partial charge in [0, 0.05) is 39.9 Å². The Hall–Kier alpha value is -2.01. The van der Waals surface area contributed by atoms with Gasteiger partial charge in [-0.05, 0) is 36.4 Å². The van der Waals surface area contributed by atoms with E-state index in [1.165, 1.54) is 10.5 Å². The summed E-state index contributed by atoms with van der Waals surface area (Å²) < 4.78 is 5.65. The van der Waals surface area contributed by atoms with Gasteiger partial charge in [-0.25, -0.2) is 0 Å². The molecule has 1 aliphatic heterocycles. The van der Waals surface area contributed by atoms with Gasteiger partial charge in [0.2, 0.25) is 0 Å². The summed E-state index contributed by atoms with van der Waals surface area (Å²) in [5.74, 6) is 0.177. The number of halogens is 2. The molecule has 0 aliphatic carbocycles. The maximum absolute atomic E-state index is 12.5. The molecule has 4 nitrogen and oxygen atoms in total. The summed E-state index contributed by atoms with van der Waals surface area (Å²) in [5, 5.41) is 5.35. The summed E-state index contributed by atoms with van der Waals surface area (Å²) in [5.41, 5.74) is 1.96. The summed E-state index contributed by atoms with van der Waals surface area (Å²) in [6.07, 6.45) is 1.92. The average Bonchev–Trinajstić information content (AvgIpc) is 3.08. The maximum Gasteiger partial charge on any atom is 0.287 e. The van der Waals surface area contributed by atoms with Gasteiger partial charge in [0.25, 0.3) is 5.91 Å². The Kier molecular flexibility index (Phi) is 5.39. The van der Waals surface area contributed by atoms with Gasteiger partial charge >= 0.3 is 0 Å². The first kappa shape index (κ1) is 18.4. The molecule has 4 rings (SSSR count). The number of carbonyl (C=O) groups excluding carboxylic acids is 1. The largest absolute Gasteiger partial charge is 0.451 e. The SMILES string of the molecule is O=C(NC1CC[NH+](Cc2ccc(Cl)cc2)CC1)c1cc2cc(Cl)ccc2o1. The highest BCUT2D eigenvalue weighted by atomic mass is 35.5. The van der Waals surface area contributed by atoms with Crippen LogP contribution >= 0.6 is 23.2 Å². The van der Waals surface area contributed by atoms with Crippen molar-refractivity contribution in [3.8, 4) is 0 Å². The number of amides is 1. The second-order valence-electron chi connectivity index (χ2n) is 7.09. The summed E-state index contributed by atoms with van der Waals surface area (Å²) in [6.45, 7) is 3.05. The van der Waals surface area contributed by atoms with Gasteiger partial charge in [0.1, 0.15) is 12.1 Å². The van der Waals surface area contributed by atoms with Crippen molar-refractivity contribution in [1.82, 2.24) is 5.32 Å². The van der Waals surface area contributed by atoms with Crippen LogP contribution in [-0.4, -0.2) is 25.0 Å². The lowest BCUT2D eigenvalue weighted by atomic mass is 10.0. The third-order valence-corrected chi connectivity index (χ3v) is 5.58. The van der Waals surface area contributed by atoms with Gasteiger partial charge < -0.3 is 14.6 Å². The van der Waals surface area contributed by atoms with Crippen molar-refractivity contribution in [3.63, 3.8) is 0 Å². The van der Waals surface area contributed by atoms with Crippen LogP contribution in [0, 0.1) is 0 Å². The van der Waals surface area contributed by atoms with Crippen LogP contribution in [0.25, 0.3) is 11.0 Å². The molecule has 1 saturated heterocycles. The van der Waals surface area contributed by atoms with Gasteiger partial charge in [-0.3, -0.25) is 4.79 Å². The van der Waals surface area contributed by atoms with E-state index < -0.39 is 0 Å². The van der Waals surface area contributed by atoms with Crippen molar-refractivity contribution in [2.75, 3.05) is 13.1 Å². The van der Waals surface area contributed by atoms with Crippen LogP contribution in [0.2, 0.25) is 10.0 Å². The molecule has 140 valence electrons. The maximum atomic E-state index is 12.5. The van der Waals surface area contributed by atoms with E-state index >= 15 is 0 Å². The molecule has 0 saturated carbocycles. The van der Waals surface area contributed by atoms with Crippen LogP contribution in [0.15, 0.2) is 52.9 Å². The van der Waals surface area contributed by atoms with E-state index in [2.05, 4.69) is 17.4 Å². The highest BCUT2D eigenvalue weighted by molar-refractivity contribution is 6.31. The summed E-state index contributed by atoms with van der Waals surface area (Å²) >= 11 is 11.9. The summed E-state index contributed by atoms with van der Waals surface area (Å²) in [4.78, 5) is 14.0. The number of benzene rings is 2. The zero-order valence-electron chi connectivity index (χ0n) is 14.8. The number of piperidine rings is 1. The Morgan fingerprint density at radius 1 is 1.04 bits per heavy atom. The zero-order valence-corrected chi connectivity index (χ0v) is 16.3. The van der Waals surface area contributed by atoms with E-state index in [4.69, 9.17) is 27.6 Å². The minimum atomic E-state index is -0.159. The van der Waals surface area contributed by atoms with E-state index in [1.807, 2.05) is 12.1 Å². The van der Waals surface area contributed by atoms with Gasteiger partial charge in [-0.1, -0.05) is 35.3 Å². The van der Waals surface area contributed by atoms with Crippen molar-refractivity contribution in [2.24, 2.45) is 0 Å². The predicted octanol–water partition coefficient (Wildman–Crippen LogP) is 3.72. The van der Waals surface area contributed by atoms with Crippen LogP contribution in [0.1, 0.15) is 29.0 Å². The van der Waals surface area contributed by atoms with Crippen molar-refractivity contribution in [1.29, 1.82) is 0 Å². The predicted molar refractivity (Wildman–Crippen MR) is 108 cm³/mol. The Morgan fingerprint density at radius 3 is 2.48 bits per heavy atom. The number of hydrogen-bond acceptors (Lipinski definition) is 2. The Balaban J connectivity index is 1.31. The summed E-state index contributed by atoms with van der Waals surface area (Å²) in [7, 11) is 0. The third kappa shape index (κ3) is 4.46. The van der Waals surface area contributed by atoms with Crippen molar-refractivity contribution < 1.29 is 14.1 Å². The second-order valence-corrected chi connectivity index (χ2v) is 7.97. The number of rotatable bonds is 4. The van der Waals surface area contributed by atoms with Gasteiger partial charge in [0.05, 0.1) is 13.1 Å². The quantitative estimate of drug-likeness (QED) is 0.697. The first-order valence-electron chi connectivity index (χ1n) is 9.15. The monoisotopic (exact) mass is 403 g/mol. The molecule has 1 aromatic heterocycles. The van der Waals surface area contributed by atoms with E-state index in [9.17, 15) is 4.79 Å². The minimum Gasteiger partial charge on any atom is -0.451 e. The number of hydrogen-bond donors (Lipinski definition) is 2. The molecule has 0 spiro atoms. The fourth-order valence-electron chi connectivity index (χ4n) is 3.62. The Bertz CT molecular complexity index is 944. The van der Waals surface area contributed by atoms with Gasteiger partial charge in [0.15, 0.2) is 5.76 Å². The zero-order chi connectivity index (χ0) is 18.8. The lowest BCUT2D eigenvalue weighted by Gasteiger charge is -2.29. The van der Waals surface area contributed by atoms with E-state index in [1.54, 1.807) is 24.3 Å². The number of nitrogens with one attached hydrogen (secondary N) is 2. The van der Waals surface area contributed by atoms with E-state index in [0.29, 0.717) is 16.4 Å². The number of quaternary nitrogens is 1. The number of carbonyl (C=O) groups is 1. The first-order chi connectivity index (χ1) is 13.1. The molecule has 2 N–H and O–H groups in total. The third-order valence-electron chi connectivity index (χ3n) is 5.10. The van der Waals surface area contributed by atoms with Crippen molar-refractivity contribution in [2.45, 2.75) is 25.4 Å². The molecule has 2 heterocycles. The van der Waals surface area contributed by atoms with E-state index in [-0.39, 0.29) is 11.9 Å². The first-order valence-corrected chi connectivity index (χ1v) is 9.90. The molecule has 0 bridgehead atoms. The number of furan rings is 1.